The number of aliphatic hydroxyl groups is 1. The number of carbonyl (C=O) groups is 1. The summed E-state index contributed by atoms with van der Waals surface area (Å²) in [5, 5.41) is 10.9. The van der Waals surface area contributed by atoms with E-state index in [-0.39, 0.29) is 6.09 Å². The van der Waals surface area contributed by atoms with Crippen LogP contribution in [0, 0.1) is 5.92 Å². The van der Waals surface area contributed by atoms with Crippen LogP contribution in [0.4, 0.5) is 4.79 Å². The van der Waals surface area contributed by atoms with E-state index in [9.17, 15) is 9.90 Å². The molecule has 3 rings (SSSR count). The maximum Gasteiger partial charge on any atom is 0.410 e. The van der Waals surface area contributed by atoms with Gasteiger partial charge in [-0.3, -0.25) is 0 Å². The fourth-order valence-electron chi connectivity index (χ4n) is 3.94. The molecule has 1 aliphatic heterocycles. The average Bonchev–Trinajstić information content (AvgIpc) is 2.62. The Balaban J connectivity index is 1.47. The first-order valence-corrected chi connectivity index (χ1v) is 8.85. The van der Waals surface area contributed by atoms with Crippen molar-refractivity contribution in [3.63, 3.8) is 0 Å². The molecule has 126 valence electrons. The highest BCUT2D eigenvalue weighted by molar-refractivity contribution is 5.67. The molecule has 0 atom stereocenters. The molecule has 4 nitrogen and oxygen atoms in total. The van der Waals surface area contributed by atoms with E-state index in [2.05, 4.69) is 0 Å². The first kappa shape index (κ1) is 16.3. The Hall–Kier alpha value is -1.55. The topological polar surface area (TPSA) is 49.8 Å². The van der Waals surface area contributed by atoms with E-state index < -0.39 is 5.60 Å². The molecule has 1 saturated heterocycles. The third-order valence-corrected chi connectivity index (χ3v) is 5.46. The van der Waals surface area contributed by atoms with Crippen LogP contribution in [0.25, 0.3) is 0 Å². The molecular formula is C19H27NO3. The maximum absolute atomic E-state index is 12.2. The van der Waals surface area contributed by atoms with Crippen molar-refractivity contribution in [1.82, 2.24) is 4.90 Å². The van der Waals surface area contributed by atoms with E-state index in [4.69, 9.17) is 4.74 Å². The number of carbonyl (C=O) groups excluding carboxylic acids is 1. The summed E-state index contributed by atoms with van der Waals surface area (Å²) in [6.07, 6.45) is 7.12. The maximum atomic E-state index is 12.2. The van der Waals surface area contributed by atoms with Crippen LogP contribution < -0.4 is 0 Å². The molecule has 1 amide bonds. The summed E-state index contributed by atoms with van der Waals surface area (Å²) in [6.45, 7) is 1.50. The Bertz CT molecular complexity index is 503. The number of benzene rings is 1. The number of amides is 1. The van der Waals surface area contributed by atoms with Crippen molar-refractivity contribution in [2.24, 2.45) is 5.92 Å². The Morgan fingerprint density at radius 1 is 1.13 bits per heavy atom. The second kappa shape index (κ2) is 7.35. The second-order valence-corrected chi connectivity index (χ2v) is 6.97. The van der Waals surface area contributed by atoms with Gasteiger partial charge in [-0.2, -0.15) is 0 Å². The van der Waals surface area contributed by atoms with Gasteiger partial charge in [0.05, 0.1) is 5.60 Å². The lowest BCUT2D eigenvalue weighted by Crippen LogP contribution is -2.50. The molecule has 2 aliphatic rings. The Morgan fingerprint density at radius 3 is 2.43 bits per heavy atom. The van der Waals surface area contributed by atoms with E-state index in [0.717, 1.165) is 18.4 Å². The van der Waals surface area contributed by atoms with Gasteiger partial charge in [0.2, 0.25) is 0 Å². The second-order valence-electron chi connectivity index (χ2n) is 6.97. The van der Waals surface area contributed by atoms with Gasteiger partial charge in [0.25, 0.3) is 0 Å². The van der Waals surface area contributed by atoms with Crippen molar-refractivity contribution in [1.29, 1.82) is 0 Å². The number of likely N-dealkylation sites (tertiary alicyclic amines) is 1. The highest BCUT2D eigenvalue weighted by Crippen LogP contribution is 2.39. The standard InChI is InChI=1S/C19H27NO3/c21-18(23-15-16-7-3-1-4-8-16)20-13-11-19(22,12-14-20)17-9-5-2-6-10-17/h1,3-4,7-8,17,22H,2,5-6,9-15H2. The fraction of sp³-hybridized carbons (Fsp3) is 0.632. The third kappa shape index (κ3) is 4.05. The van der Waals surface area contributed by atoms with Crippen LogP contribution in [0.15, 0.2) is 30.3 Å². The van der Waals surface area contributed by atoms with Crippen molar-refractivity contribution in [2.45, 2.75) is 57.2 Å². The van der Waals surface area contributed by atoms with Gasteiger partial charge in [0.1, 0.15) is 6.61 Å². The lowest BCUT2D eigenvalue weighted by molar-refractivity contribution is -0.0749. The van der Waals surface area contributed by atoms with Gasteiger partial charge in [-0.15, -0.1) is 0 Å². The molecular weight excluding hydrogens is 290 g/mol. The number of piperidine rings is 1. The van der Waals surface area contributed by atoms with Crippen molar-refractivity contribution in [2.75, 3.05) is 13.1 Å². The minimum Gasteiger partial charge on any atom is -0.445 e. The predicted molar refractivity (Wildman–Crippen MR) is 89.0 cm³/mol. The predicted octanol–water partition coefficient (Wildman–Crippen LogP) is 3.73. The summed E-state index contributed by atoms with van der Waals surface area (Å²) in [5.41, 5.74) is 0.424. The quantitative estimate of drug-likeness (QED) is 0.924. The van der Waals surface area contributed by atoms with Crippen LogP contribution in [-0.4, -0.2) is 34.8 Å². The monoisotopic (exact) mass is 317 g/mol. The van der Waals surface area contributed by atoms with E-state index in [1.54, 1.807) is 4.90 Å². The van der Waals surface area contributed by atoms with Gasteiger partial charge in [0.15, 0.2) is 0 Å². The normalized spacial score (nSPS) is 21.9. The van der Waals surface area contributed by atoms with Gasteiger partial charge in [-0.1, -0.05) is 49.6 Å². The number of hydrogen-bond donors (Lipinski definition) is 1. The van der Waals surface area contributed by atoms with Gasteiger partial charge in [0, 0.05) is 13.1 Å². The minimum atomic E-state index is -0.573. The number of rotatable bonds is 3. The summed E-state index contributed by atoms with van der Waals surface area (Å²) >= 11 is 0. The molecule has 23 heavy (non-hydrogen) atoms. The van der Waals surface area contributed by atoms with Crippen LogP contribution in [0.5, 0.6) is 0 Å². The first-order chi connectivity index (χ1) is 11.2. The molecule has 0 spiro atoms. The van der Waals surface area contributed by atoms with Crippen LogP contribution in [-0.2, 0) is 11.3 Å². The molecule has 0 radical (unpaired) electrons. The van der Waals surface area contributed by atoms with Crippen LogP contribution in [0.2, 0.25) is 0 Å². The SMILES string of the molecule is O=C(OCc1ccccc1)N1CCC(O)(C2CCCCC2)CC1. The summed E-state index contributed by atoms with van der Waals surface area (Å²) in [4.78, 5) is 13.9. The summed E-state index contributed by atoms with van der Waals surface area (Å²) < 4.78 is 5.39. The smallest absolute Gasteiger partial charge is 0.410 e. The zero-order valence-corrected chi connectivity index (χ0v) is 13.7. The number of ether oxygens (including phenoxy) is 1. The van der Waals surface area contributed by atoms with Gasteiger partial charge >= 0.3 is 6.09 Å². The minimum absolute atomic E-state index is 0.264. The largest absolute Gasteiger partial charge is 0.445 e. The lowest BCUT2D eigenvalue weighted by Gasteiger charge is -2.44. The Labute approximate surface area is 138 Å². The van der Waals surface area contributed by atoms with Crippen LogP contribution >= 0.6 is 0 Å². The van der Waals surface area contributed by atoms with Crippen LogP contribution in [0.3, 0.4) is 0 Å². The molecule has 4 heteroatoms. The molecule has 1 saturated carbocycles. The molecule has 1 N–H and O–H groups in total. The van der Waals surface area contributed by atoms with E-state index in [0.29, 0.717) is 38.5 Å². The molecule has 0 bridgehead atoms. The zero-order chi connectivity index (χ0) is 16.1. The van der Waals surface area contributed by atoms with E-state index >= 15 is 0 Å². The van der Waals surface area contributed by atoms with Gasteiger partial charge in [-0.25, -0.2) is 4.79 Å². The van der Waals surface area contributed by atoms with E-state index in [1.807, 2.05) is 30.3 Å². The fourth-order valence-corrected chi connectivity index (χ4v) is 3.94. The number of nitrogens with zero attached hydrogens (tertiary/aromatic N) is 1. The summed E-state index contributed by atoms with van der Waals surface area (Å²) in [6, 6.07) is 9.72. The average molecular weight is 317 g/mol. The van der Waals surface area contributed by atoms with Crippen LogP contribution in [0.1, 0.15) is 50.5 Å². The molecule has 0 unspecified atom stereocenters. The highest BCUT2D eigenvalue weighted by Gasteiger charge is 2.41. The third-order valence-electron chi connectivity index (χ3n) is 5.46. The van der Waals surface area contributed by atoms with Gasteiger partial charge in [-0.05, 0) is 37.2 Å². The molecule has 1 heterocycles. The van der Waals surface area contributed by atoms with E-state index in [1.165, 1.54) is 19.3 Å². The van der Waals surface area contributed by atoms with Crippen molar-refractivity contribution >= 4 is 6.09 Å². The van der Waals surface area contributed by atoms with Crippen molar-refractivity contribution in [3.8, 4) is 0 Å². The zero-order valence-electron chi connectivity index (χ0n) is 13.7. The number of hydrogen-bond acceptors (Lipinski definition) is 3. The lowest BCUT2D eigenvalue weighted by atomic mass is 9.72. The molecule has 1 aliphatic carbocycles. The molecule has 2 fully saturated rings. The molecule has 1 aromatic carbocycles. The first-order valence-electron chi connectivity index (χ1n) is 8.85. The Morgan fingerprint density at radius 2 is 1.78 bits per heavy atom. The Kier molecular flexibility index (Phi) is 5.21. The van der Waals surface area contributed by atoms with Gasteiger partial charge < -0.3 is 14.7 Å². The highest BCUT2D eigenvalue weighted by atomic mass is 16.6. The molecule has 1 aromatic rings. The molecule has 0 aromatic heterocycles. The summed E-state index contributed by atoms with van der Waals surface area (Å²) in [5.74, 6) is 0.415. The van der Waals surface area contributed by atoms with Crippen molar-refractivity contribution in [3.05, 3.63) is 35.9 Å². The van der Waals surface area contributed by atoms with Crippen molar-refractivity contribution < 1.29 is 14.6 Å². The summed E-state index contributed by atoms with van der Waals surface area (Å²) in [7, 11) is 0.